The highest BCUT2D eigenvalue weighted by molar-refractivity contribution is 5.92. The smallest absolute Gasteiger partial charge is 0.144 e. The lowest BCUT2D eigenvalue weighted by atomic mass is 9.46. The number of rotatable bonds is 2. The minimum absolute atomic E-state index is 0.166. The van der Waals surface area contributed by atoms with Crippen LogP contribution < -0.4 is 0 Å². The van der Waals surface area contributed by atoms with Gasteiger partial charge in [0.15, 0.2) is 0 Å². The number of carbonyl (C=O) groups is 2. The second-order valence-corrected chi connectivity index (χ2v) is 6.54. The molecule has 0 spiro atoms. The summed E-state index contributed by atoms with van der Waals surface area (Å²) in [6, 6.07) is 0. The molecule has 3 rings (SSSR count). The summed E-state index contributed by atoms with van der Waals surface area (Å²) in [6.45, 7) is 7.89. The van der Waals surface area contributed by atoms with Crippen molar-refractivity contribution >= 4 is 11.6 Å². The summed E-state index contributed by atoms with van der Waals surface area (Å²) in [5, 5.41) is 0. The van der Waals surface area contributed by atoms with Crippen LogP contribution in [0.4, 0.5) is 0 Å². The van der Waals surface area contributed by atoms with Gasteiger partial charge in [0, 0.05) is 17.3 Å². The highest BCUT2D eigenvalue weighted by atomic mass is 16.1. The predicted molar refractivity (Wildman–Crippen MR) is 63.0 cm³/mol. The maximum absolute atomic E-state index is 12.5. The van der Waals surface area contributed by atoms with Crippen LogP contribution in [0.25, 0.3) is 0 Å². The third kappa shape index (κ3) is 1.46. The Bertz CT molecular complexity index is 343. The van der Waals surface area contributed by atoms with Gasteiger partial charge in [-0.15, -0.1) is 0 Å². The number of Topliss-reactive ketones (excluding diaryl/α,β-unsaturated/α-hetero) is 2. The second kappa shape index (κ2) is 3.41. The minimum atomic E-state index is -0.232. The van der Waals surface area contributed by atoms with Gasteiger partial charge in [0.1, 0.15) is 11.6 Å². The molecule has 0 aromatic carbocycles. The van der Waals surface area contributed by atoms with Crippen molar-refractivity contribution in [3.8, 4) is 0 Å². The van der Waals surface area contributed by atoms with Crippen molar-refractivity contribution in [2.24, 2.45) is 22.7 Å². The molecule has 3 saturated carbocycles. The third-order valence-electron chi connectivity index (χ3n) is 5.14. The van der Waals surface area contributed by atoms with E-state index in [0.717, 1.165) is 19.3 Å². The Balaban J connectivity index is 2.31. The lowest BCUT2D eigenvalue weighted by Gasteiger charge is -2.56. The van der Waals surface area contributed by atoms with Crippen LogP contribution >= 0.6 is 0 Å². The molecule has 2 nitrogen and oxygen atoms in total. The van der Waals surface area contributed by atoms with Crippen molar-refractivity contribution in [3.63, 3.8) is 0 Å². The highest BCUT2D eigenvalue weighted by Gasteiger charge is 2.58. The largest absolute Gasteiger partial charge is 0.300 e. The Labute approximate surface area is 97.8 Å². The van der Waals surface area contributed by atoms with E-state index in [-0.39, 0.29) is 16.6 Å². The van der Waals surface area contributed by atoms with Crippen LogP contribution in [0.3, 0.4) is 0 Å². The standard InChI is InChI=1S/C14H22O2/c1-9(15)7-11-8-10-5-6-14(11,4)12(16)13(10,2)3/h10-11H,5-8H2,1-4H3/t10-,11+,14+/m1/s1. The number of hydrogen-bond donors (Lipinski definition) is 0. The van der Waals surface area contributed by atoms with Crippen molar-refractivity contribution in [3.05, 3.63) is 0 Å². The van der Waals surface area contributed by atoms with Crippen LogP contribution in [-0.4, -0.2) is 11.6 Å². The summed E-state index contributed by atoms with van der Waals surface area (Å²) < 4.78 is 0. The second-order valence-electron chi connectivity index (χ2n) is 6.54. The van der Waals surface area contributed by atoms with Gasteiger partial charge in [-0.05, 0) is 38.0 Å². The average molecular weight is 222 g/mol. The van der Waals surface area contributed by atoms with Crippen LogP contribution in [0.2, 0.25) is 0 Å². The van der Waals surface area contributed by atoms with Crippen LogP contribution in [0.15, 0.2) is 0 Å². The predicted octanol–water partition coefficient (Wildman–Crippen LogP) is 3.00. The van der Waals surface area contributed by atoms with E-state index in [2.05, 4.69) is 20.8 Å². The number of fused-ring (bicyclic) bond motifs is 3. The van der Waals surface area contributed by atoms with Crippen molar-refractivity contribution in [2.45, 2.75) is 53.4 Å². The fourth-order valence-corrected chi connectivity index (χ4v) is 3.93. The molecule has 0 radical (unpaired) electrons. The summed E-state index contributed by atoms with van der Waals surface area (Å²) in [5.74, 6) is 1.41. The first-order chi connectivity index (χ1) is 7.28. The van der Waals surface area contributed by atoms with Crippen LogP contribution in [0.5, 0.6) is 0 Å². The van der Waals surface area contributed by atoms with Crippen LogP contribution in [-0.2, 0) is 9.59 Å². The molecule has 2 bridgehead atoms. The number of ketones is 2. The first-order valence-corrected chi connectivity index (χ1v) is 6.33. The molecule has 16 heavy (non-hydrogen) atoms. The quantitative estimate of drug-likeness (QED) is 0.719. The van der Waals surface area contributed by atoms with Crippen molar-refractivity contribution in [2.75, 3.05) is 0 Å². The molecular formula is C14H22O2. The zero-order valence-electron chi connectivity index (χ0n) is 10.8. The Morgan fingerprint density at radius 2 is 2.00 bits per heavy atom. The monoisotopic (exact) mass is 222 g/mol. The normalized spacial score (nSPS) is 41.1. The Hall–Kier alpha value is -0.660. The fraction of sp³-hybridized carbons (Fsp3) is 0.857. The minimum Gasteiger partial charge on any atom is -0.300 e. The molecule has 0 amide bonds. The van der Waals surface area contributed by atoms with Gasteiger partial charge in [-0.2, -0.15) is 0 Å². The summed E-state index contributed by atoms with van der Waals surface area (Å²) in [5.41, 5.74) is -0.399. The zero-order chi connectivity index (χ0) is 12.1. The van der Waals surface area contributed by atoms with Gasteiger partial charge in [-0.1, -0.05) is 20.8 Å². The maximum Gasteiger partial charge on any atom is 0.144 e. The molecule has 3 fully saturated rings. The van der Waals surface area contributed by atoms with E-state index in [1.165, 1.54) is 0 Å². The molecule has 3 aliphatic rings. The van der Waals surface area contributed by atoms with E-state index >= 15 is 0 Å². The molecule has 0 saturated heterocycles. The highest BCUT2D eigenvalue weighted by Crippen LogP contribution is 2.59. The van der Waals surface area contributed by atoms with E-state index in [9.17, 15) is 9.59 Å². The SMILES string of the molecule is CC(=O)C[C@H]1C[C@H]2CC[C@]1(C)C(=O)C2(C)C. The molecule has 90 valence electrons. The van der Waals surface area contributed by atoms with Crippen molar-refractivity contribution in [1.82, 2.24) is 0 Å². The third-order valence-corrected chi connectivity index (χ3v) is 5.14. The molecule has 3 atom stereocenters. The molecule has 0 heterocycles. The first-order valence-electron chi connectivity index (χ1n) is 6.33. The maximum atomic E-state index is 12.5. The number of hydrogen-bond acceptors (Lipinski definition) is 2. The van der Waals surface area contributed by atoms with Crippen LogP contribution in [0, 0.1) is 22.7 Å². The lowest BCUT2D eigenvalue weighted by molar-refractivity contribution is -0.161. The molecule has 3 aliphatic carbocycles. The Morgan fingerprint density at radius 1 is 1.38 bits per heavy atom. The summed E-state index contributed by atoms with van der Waals surface area (Å²) in [7, 11) is 0. The Kier molecular flexibility index (Phi) is 2.52. The Morgan fingerprint density at radius 3 is 2.56 bits per heavy atom. The van der Waals surface area contributed by atoms with Crippen molar-refractivity contribution in [1.29, 1.82) is 0 Å². The van der Waals surface area contributed by atoms with Gasteiger partial charge in [-0.25, -0.2) is 0 Å². The van der Waals surface area contributed by atoms with Gasteiger partial charge >= 0.3 is 0 Å². The molecular weight excluding hydrogens is 200 g/mol. The van der Waals surface area contributed by atoms with Crippen molar-refractivity contribution < 1.29 is 9.59 Å². The topological polar surface area (TPSA) is 34.1 Å². The van der Waals surface area contributed by atoms with E-state index in [4.69, 9.17) is 0 Å². The van der Waals surface area contributed by atoms with Gasteiger partial charge in [0.05, 0.1) is 0 Å². The van der Waals surface area contributed by atoms with Gasteiger partial charge in [0.25, 0.3) is 0 Å². The first kappa shape index (κ1) is 11.8. The molecule has 0 N–H and O–H groups in total. The van der Waals surface area contributed by atoms with Crippen LogP contribution in [0.1, 0.15) is 53.4 Å². The lowest BCUT2D eigenvalue weighted by Crippen LogP contribution is -2.57. The van der Waals surface area contributed by atoms with Gasteiger partial charge in [0.2, 0.25) is 0 Å². The zero-order valence-corrected chi connectivity index (χ0v) is 10.8. The van der Waals surface area contributed by atoms with E-state index in [1.807, 2.05) is 0 Å². The number of carbonyl (C=O) groups excluding carboxylic acids is 2. The molecule has 0 aromatic heterocycles. The molecule has 2 heteroatoms. The molecule has 0 unspecified atom stereocenters. The summed E-state index contributed by atoms with van der Waals surface area (Å²) in [4.78, 5) is 23.8. The summed E-state index contributed by atoms with van der Waals surface area (Å²) in [6.07, 6.45) is 3.80. The van der Waals surface area contributed by atoms with E-state index in [0.29, 0.717) is 24.0 Å². The fourth-order valence-electron chi connectivity index (χ4n) is 3.93. The summed E-state index contributed by atoms with van der Waals surface area (Å²) >= 11 is 0. The van der Waals surface area contributed by atoms with E-state index in [1.54, 1.807) is 6.92 Å². The molecule has 0 aliphatic heterocycles. The van der Waals surface area contributed by atoms with Gasteiger partial charge < -0.3 is 4.79 Å². The van der Waals surface area contributed by atoms with E-state index < -0.39 is 0 Å². The molecule has 0 aromatic rings. The van der Waals surface area contributed by atoms with Gasteiger partial charge in [-0.3, -0.25) is 4.79 Å². The average Bonchev–Trinajstić information content (AvgIpc) is 2.17.